The van der Waals surface area contributed by atoms with Gasteiger partial charge in [0, 0.05) is 50.9 Å². The van der Waals surface area contributed by atoms with Gasteiger partial charge in [0.2, 0.25) is 5.91 Å². The van der Waals surface area contributed by atoms with Crippen LogP contribution in [0.1, 0.15) is 77.3 Å². The number of rotatable bonds is 17. The minimum absolute atomic E-state index is 0.0423. The third kappa shape index (κ3) is 10.7. The van der Waals surface area contributed by atoms with Crippen LogP contribution < -0.4 is 20.3 Å². The van der Waals surface area contributed by atoms with Gasteiger partial charge in [0.1, 0.15) is 17.9 Å². The number of amides is 1. The van der Waals surface area contributed by atoms with E-state index in [1.165, 1.54) is 7.11 Å². The number of carbonyl (C=O) groups excluding carboxylic acids is 1. The van der Waals surface area contributed by atoms with E-state index in [2.05, 4.69) is 36.3 Å². The van der Waals surface area contributed by atoms with Crippen LogP contribution in [-0.2, 0) is 4.79 Å². The standard InChI is InChI=1S/C32H44N6O6/c1-22(19-32(2,3)4)14-30(41)35-26-17-28(37(10-6-8-12-39)11-7-9-13-40)29(44-5)18-27(26)36-31-23(20-33)15-25(38(42)43)16-24(31)21-34/h15-18,22,36,39-40H,6-14,19H2,1-5H3,(H,35,41). The van der Waals surface area contributed by atoms with Crippen LogP contribution >= 0.6 is 0 Å². The van der Waals surface area contributed by atoms with Crippen molar-refractivity contribution in [1.29, 1.82) is 10.5 Å². The number of nitrogens with one attached hydrogen (secondary N) is 2. The highest BCUT2D eigenvalue weighted by molar-refractivity contribution is 5.97. The van der Waals surface area contributed by atoms with Gasteiger partial charge in [0.15, 0.2) is 0 Å². The lowest BCUT2D eigenvalue weighted by molar-refractivity contribution is -0.384. The van der Waals surface area contributed by atoms with E-state index in [4.69, 9.17) is 4.74 Å². The van der Waals surface area contributed by atoms with Gasteiger partial charge in [-0.05, 0) is 49.5 Å². The molecule has 1 unspecified atom stereocenters. The van der Waals surface area contributed by atoms with E-state index in [9.17, 15) is 35.6 Å². The zero-order valence-electron chi connectivity index (χ0n) is 26.3. The van der Waals surface area contributed by atoms with E-state index in [0.29, 0.717) is 61.6 Å². The number of unbranched alkanes of at least 4 members (excludes halogenated alkanes) is 2. The number of hydrogen-bond donors (Lipinski definition) is 4. The number of ether oxygens (including phenoxy) is 1. The number of benzene rings is 2. The molecule has 0 aliphatic heterocycles. The number of aliphatic hydroxyl groups is 2. The molecule has 0 aliphatic rings. The Labute approximate surface area is 259 Å². The molecule has 0 saturated carbocycles. The second kappa shape index (κ2) is 17.0. The molecule has 0 saturated heterocycles. The van der Waals surface area contributed by atoms with Crippen molar-refractivity contribution in [2.24, 2.45) is 11.3 Å². The lowest BCUT2D eigenvalue weighted by atomic mass is 9.84. The minimum Gasteiger partial charge on any atom is -0.495 e. The fourth-order valence-electron chi connectivity index (χ4n) is 5.18. The van der Waals surface area contributed by atoms with Crippen LogP contribution in [0.15, 0.2) is 24.3 Å². The number of aliphatic hydroxyl groups excluding tert-OH is 2. The van der Waals surface area contributed by atoms with Gasteiger partial charge in [-0.1, -0.05) is 27.7 Å². The molecule has 238 valence electrons. The average Bonchev–Trinajstić information content (AvgIpc) is 2.95. The van der Waals surface area contributed by atoms with Crippen molar-refractivity contribution < 1.29 is 24.7 Å². The van der Waals surface area contributed by atoms with Gasteiger partial charge in [0.25, 0.3) is 5.69 Å². The number of carbonyl (C=O) groups is 1. The van der Waals surface area contributed by atoms with E-state index in [1.807, 2.05) is 19.1 Å². The number of hydrogen-bond acceptors (Lipinski definition) is 10. The number of non-ortho nitro benzene ring substituents is 1. The highest BCUT2D eigenvalue weighted by Crippen LogP contribution is 2.41. The molecule has 2 aromatic carbocycles. The molecule has 2 rings (SSSR count). The van der Waals surface area contributed by atoms with Crippen LogP contribution in [-0.4, -0.2) is 54.5 Å². The predicted molar refractivity (Wildman–Crippen MR) is 170 cm³/mol. The summed E-state index contributed by atoms with van der Waals surface area (Å²) >= 11 is 0. The number of methoxy groups -OCH3 is 1. The zero-order valence-corrected chi connectivity index (χ0v) is 26.3. The van der Waals surface area contributed by atoms with Crippen LogP contribution in [0.3, 0.4) is 0 Å². The molecular weight excluding hydrogens is 564 g/mol. The first-order chi connectivity index (χ1) is 20.9. The Morgan fingerprint density at radius 3 is 2.05 bits per heavy atom. The Hall–Kier alpha value is -4.39. The SMILES string of the molecule is COc1cc(Nc2c(C#N)cc([N+](=O)[O-])cc2C#N)c(NC(=O)CC(C)CC(C)(C)C)cc1N(CCCCO)CCCCO. The van der Waals surface area contributed by atoms with Crippen molar-refractivity contribution >= 4 is 34.3 Å². The topological polar surface area (TPSA) is 185 Å². The summed E-state index contributed by atoms with van der Waals surface area (Å²) in [6.45, 7) is 9.64. The molecule has 0 aromatic heterocycles. The first-order valence-corrected chi connectivity index (χ1v) is 14.8. The smallest absolute Gasteiger partial charge is 0.272 e. The number of anilines is 4. The summed E-state index contributed by atoms with van der Waals surface area (Å²) in [7, 11) is 1.50. The van der Waals surface area contributed by atoms with Gasteiger partial charge >= 0.3 is 0 Å². The third-order valence-electron chi connectivity index (χ3n) is 6.94. The molecule has 0 aliphatic carbocycles. The number of nitro groups is 1. The van der Waals surface area contributed by atoms with Crippen LogP contribution in [0.4, 0.5) is 28.4 Å². The van der Waals surface area contributed by atoms with E-state index in [1.54, 1.807) is 12.1 Å². The lowest BCUT2D eigenvalue weighted by Gasteiger charge is -2.28. The third-order valence-corrected chi connectivity index (χ3v) is 6.94. The Morgan fingerprint density at radius 1 is 1.02 bits per heavy atom. The summed E-state index contributed by atoms with van der Waals surface area (Å²) < 4.78 is 5.75. The Bertz CT molecular complexity index is 1330. The van der Waals surface area contributed by atoms with Crippen LogP contribution in [0.25, 0.3) is 0 Å². The fourth-order valence-corrected chi connectivity index (χ4v) is 5.18. The van der Waals surface area contributed by atoms with Crippen LogP contribution in [0.5, 0.6) is 5.75 Å². The zero-order chi connectivity index (χ0) is 32.9. The minimum atomic E-state index is -0.671. The summed E-state index contributed by atoms with van der Waals surface area (Å²) in [4.78, 5) is 26.1. The van der Waals surface area contributed by atoms with Gasteiger partial charge in [0.05, 0.1) is 45.9 Å². The van der Waals surface area contributed by atoms with Crippen molar-refractivity contribution in [3.05, 3.63) is 45.5 Å². The molecule has 4 N–H and O–H groups in total. The van der Waals surface area contributed by atoms with Crippen molar-refractivity contribution in [1.82, 2.24) is 0 Å². The average molecular weight is 609 g/mol. The molecule has 44 heavy (non-hydrogen) atoms. The maximum absolute atomic E-state index is 13.3. The highest BCUT2D eigenvalue weighted by Gasteiger charge is 2.23. The van der Waals surface area contributed by atoms with Crippen LogP contribution in [0.2, 0.25) is 0 Å². The summed E-state index contributed by atoms with van der Waals surface area (Å²) in [6.07, 6.45) is 3.70. The summed E-state index contributed by atoms with van der Waals surface area (Å²) in [5.41, 5.74) is 0.879. The fraction of sp³-hybridized carbons (Fsp3) is 0.531. The molecule has 0 radical (unpaired) electrons. The lowest BCUT2D eigenvalue weighted by Crippen LogP contribution is -2.27. The van der Waals surface area contributed by atoms with Crippen molar-refractivity contribution in [2.45, 2.75) is 66.2 Å². The molecular formula is C32H44N6O6. The van der Waals surface area contributed by atoms with Gasteiger partial charge < -0.3 is 30.5 Å². The Morgan fingerprint density at radius 2 is 1.59 bits per heavy atom. The molecule has 2 aromatic rings. The molecule has 12 nitrogen and oxygen atoms in total. The number of nitrogens with zero attached hydrogens (tertiary/aromatic N) is 4. The van der Waals surface area contributed by atoms with Crippen molar-refractivity contribution in [3.63, 3.8) is 0 Å². The summed E-state index contributed by atoms with van der Waals surface area (Å²) in [5.74, 6) is 0.318. The monoisotopic (exact) mass is 608 g/mol. The van der Waals surface area contributed by atoms with Gasteiger partial charge in [-0.25, -0.2) is 0 Å². The highest BCUT2D eigenvalue weighted by atomic mass is 16.6. The largest absolute Gasteiger partial charge is 0.495 e. The van der Waals surface area contributed by atoms with Crippen LogP contribution in [0, 0.1) is 44.1 Å². The molecule has 1 atom stereocenters. The molecule has 1 amide bonds. The molecule has 0 spiro atoms. The molecule has 0 bridgehead atoms. The maximum Gasteiger partial charge on any atom is 0.272 e. The maximum atomic E-state index is 13.3. The molecule has 12 heteroatoms. The Balaban J connectivity index is 2.67. The van der Waals surface area contributed by atoms with Gasteiger partial charge in [-0.3, -0.25) is 14.9 Å². The van der Waals surface area contributed by atoms with E-state index < -0.39 is 4.92 Å². The first kappa shape index (κ1) is 35.8. The summed E-state index contributed by atoms with van der Waals surface area (Å²) in [6, 6.07) is 9.43. The second-order valence-corrected chi connectivity index (χ2v) is 12.1. The number of nitro benzene ring substituents is 1. The second-order valence-electron chi connectivity index (χ2n) is 12.1. The van der Waals surface area contributed by atoms with Gasteiger partial charge in [-0.2, -0.15) is 10.5 Å². The number of nitriles is 2. The predicted octanol–water partition coefficient (Wildman–Crippen LogP) is 5.84. The summed E-state index contributed by atoms with van der Waals surface area (Å²) in [5, 5.41) is 55.7. The Kier molecular flexibility index (Phi) is 13.9. The molecule has 0 fully saturated rings. The van der Waals surface area contributed by atoms with E-state index >= 15 is 0 Å². The first-order valence-electron chi connectivity index (χ1n) is 14.8. The van der Waals surface area contributed by atoms with Crippen molar-refractivity contribution in [2.75, 3.05) is 48.9 Å². The van der Waals surface area contributed by atoms with Crippen molar-refractivity contribution in [3.8, 4) is 17.9 Å². The van der Waals surface area contributed by atoms with E-state index in [-0.39, 0.29) is 59.4 Å². The van der Waals surface area contributed by atoms with E-state index in [0.717, 1.165) is 18.6 Å². The molecule has 0 heterocycles. The normalized spacial score (nSPS) is 11.7. The van der Waals surface area contributed by atoms with Gasteiger partial charge in [-0.15, -0.1) is 0 Å². The quantitative estimate of drug-likeness (QED) is 0.0965.